The van der Waals surface area contributed by atoms with Gasteiger partial charge >= 0.3 is 0 Å². The summed E-state index contributed by atoms with van der Waals surface area (Å²) in [4.78, 5) is 28.2. The number of rotatable bonds is 7. The zero-order valence-electron chi connectivity index (χ0n) is 18.0. The second kappa shape index (κ2) is 10.2. The summed E-state index contributed by atoms with van der Waals surface area (Å²) < 4.78 is 32.8. The number of nitrogens with zero attached hydrogens (tertiary/aromatic N) is 2. The van der Waals surface area contributed by atoms with Gasteiger partial charge in [0.1, 0.15) is 11.5 Å². The second-order valence-corrected chi connectivity index (χ2v) is 9.89. The number of hydrogen-bond acceptors (Lipinski definition) is 5. The lowest BCUT2D eigenvalue weighted by Crippen LogP contribution is -2.52. The number of carbonyl (C=O) groups is 2. The maximum Gasteiger partial charge on any atom is 0.254 e. The van der Waals surface area contributed by atoms with Gasteiger partial charge in [-0.25, -0.2) is 8.42 Å². The molecule has 1 fully saturated rings. The zero-order valence-corrected chi connectivity index (χ0v) is 19.5. The molecule has 2 amide bonds. The largest absolute Gasteiger partial charge is 0.491 e. The number of carbonyl (C=O) groups excluding carboxylic acids is 2. The number of piperazine rings is 1. The van der Waals surface area contributed by atoms with Gasteiger partial charge in [0.2, 0.25) is 15.9 Å². The van der Waals surface area contributed by atoms with E-state index in [2.05, 4.69) is 4.72 Å². The number of amides is 2. The van der Waals surface area contributed by atoms with Crippen molar-refractivity contribution in [3.05, 3.63) is 59.1 Å². The van der Waals surface area contributed by atoms with Crippen LogP contribution in [0.25, 0.3) is 0 Å². The van der Waals surface area contributed by atoms with Gasteiger partial charge in [0.15, 0.2) is 0 Å². The monoisotopic (exact) mass is 479 g/mol. The van der Waals surface area contributed by atoms with Crippen LogP contribution in [-0.4, -0.2) is 68.1 Å². The van der Waals surface area contributed by atoms with Crippen molar-refractivity contribution >= 4 is 39.1 Å². The molecule has 0 bridgehead atoms. The molecule has 0 aliphatic carbocycles. The quantitative estimate of drug-likeness (QED) is 0.658. The molecule has 1 heterocycles. The van der Waals surface area contributed by atoms with Gasteiger partial charge in [0, 0.05) is 42.5 Å². The summed E-state index contributed by atoms with van der Waals surface area (Å²) in [6.45, 7) is 4.97. The molecular weight excluding hydrogens is 454 g/mol. The van der Waals surface area contributed by atoms with E-state index in [9.17, 15) is 18.0 Å². The molecule has 10 heteroatoms. The topological polar surface area (TPSA) is 96.0 Å². The van der Waals surface area contributed by atoms with Crippen molar-refractivity contribution in [3.63, 3.8) is 0 Å². The van der Waals surface area contributed by atoms with E-state index in [0.29, 0.717) is 35.1 Å². The van der Waals surface area contributed by atoms with Gasteiger partial charge in [0.05, 0.1) is 6.10 Å². The van der Waals surface area contributed by atoms with E-state index in [0.717, 1.165) is 0 Å². The summed E-state index contributed by atoms with van der Waals surface area (Å²) in [6.07, 6.45) is 0.0106. The Morgan fingerprint density at radius 1 is 1.03 bits per heavy atom. The zero-order chi connectivity index (χ0) is 23.3. The van der Waals surface area contributed by atoms with Crippen molar-refractivity contribution in [1.82, 2.24) is 9.80 Å². The Morgan fingerprint density at radius 3 is 2.25 bits per heavy atom. The van der Waals surface area contributed by atoms with Gasteiger partial charge in [-0.05, 0) is 56.3 Å². The van der Waals surface area contributed by atoms with Gasteiger partial charge in [0.25, 0.3) is 5.91 Å². The summed E-state index contributed by atoms with van der Waals surface area (Å²) in [7, 11) is -3.87. The Morgan fingerprint density at radius 2 is 1.66 bits per heavy atom. The number of halogens is 1. The molecule has 32 heavy (non-hydrogen) atoms. The normalized spacial score (nSPS) is 14.4. The number of anilines is 1. The lowest BCUT2D eigenvalue weighted by molar-refractivity contribution is -0.129. The molecule has 0 saturated carbocycles. The first-order chi connectivity index (χ1) is 15.1. The molecule has 1 aliphatic rings. The first-order valence-electron chi connectivity index (χ1n) is 10.2. The molecule has 3 rings (SSSR count). The number of ether oxygens (including phenoxy) is 1. The van der Waals surface area contributed by atoms with E-state index < -0.39 is 21.7 Å². The van der Waals surface area contributed by atoms with Gasteiger partial charge in [-0.3, -0.25) is 14.3 Å². The highest BCUT2D eigenvalue weighted by atomic mass is 35.5. The van der Waals surface area contributed by atoms with Gasteiger partial charge < -0.3 is 14.5 Å². The predicted molar refractivity (Wildman–Crippen MR) is 124 cm³/mol. The van der Waals surface area contributed by atoms with Crippen LogP contribution in [0.5, 0.6) is 5.75 Å². The molecule has 0 atom stereocenters. The first-order valence-corrected chi connectivity index (χ1v) is 12.3. The van der Waals surface area contributed by atoms with Gasteiger partial charge in [-0.1, -0.05) is 17.7 Å². The van der Waals surface area contributed by atoms with Crippen molar-refractivity contribution in [2.75, 3.05) is 36.7 Å². The highest BCUT2D eigenvalue weighted by molar-refractivity contribution is 7.93. The summed E-state index contributed by atoms with van der Waals surface area (Å²) in [5, 5.41) is 0.476. The van der Waals surface area contributed by atoms with Gasteiger partial charge in [-0.2, -0.15) is 0 Å². The minimum Gasteiger partial charge on any atom is -0.491 e. The highest BCUT2D eigenvalue weighted by Crippen LogP contribution is 2.18. The molecule has 1 aliphatic heterocycles. The average molecular weight is 480 g/mol. The van der Waals surface area contributed by atoms with Crippen molar-refractivity contribution in [1.29, 1.82) is 0 Å². The number of nitrogens with one attached hydrogen (secondary N) is 1. The van der Waals surface area contributed by atoms with Crippen LogP contribution in [-0.2, 0) is 14.8 Å². The van der Waals surface area contributed by atoms with E-state index in [1.807, 2.05) is 13.8 Å². The summed E-state index contributed by atoms with van der Waals surface area (Å²) in [5.41, 5.74) is 0.833. The molecule has 1 N–H and O–H groups in total. The molecule has 0 unspecified atom stereocenters. The Bertz CT molecular complexity index is 1070. The third-order valence-electron chi connectivity index (χ3n) is 4.80. The molecule has 2 aromatic carbocycles. The van der Waals surface area contributed by atoms with Crippen molar-refractivity contribution in [2.45, 2.75) is 20.0 Å². The predicted octanol–water partition coefficient (Wildman–Crippen LogP) is 2.85. The smallest absolute Gasteiger partial charge is 0.254 e. The second-order valence-electron chi connectivity index (χ2n) is 7.74. The fraction of sp³-hybridized carbons (Fsp3) is 0.364. The average Bonchev–Trinajstić information content (AvgIpc) is 2.74. The molecule has 0 spiro atoms. The van der Waals surface area contributed by atoms with Crippen molar-refractivity contribution < 1.29 is 22.7 Å². The summed E-state index contributed by atoms with van der Waals surface area (Å²) in [6, 6.07) is 13.2. The van der Waals surface area contributed by atoms with Crippen molar-refractivity contribution in [3.8, 4) is 5.75 Å². The molecular formula is C22H26ClN3O5S. The Labute approximate surface area is 193 Å². The highest BCUT2D eigenvalue weighted by Gasteiger charge is 2.27. The van der Waals surface area contributed by atoms with E-state index >= 15 is 0 Å². The van der Waals surface area contributed by atoms with E-state index in [1.54, 1.807) is 53.4 Å². The maximum absolute atomic E-state index is 12.6. The molecule has 1 saturated heterocycles. The molecule has 2 aromatic rings. The van der Waals surface area contributed by atoms with E-state index in [4.69, 9.17) is 16.3 Å². The fourth-order valence-corrected chi connectivity index (χ4v) is 4.57. The number of sulfonamides is 1. The van der Waals surface area contributed by atoms with Crippen LogP contribution in [0.4, 0.5) is 5.69 Å². The molecule has 8 nitrogen and oxygen atoms in total. The van der Waals surface area contributed by atoms with Crippen LogP contribution in [0.3, 0.4) is 0 Å². The molecule has 0 aromatic heterocycles. The van der Waals surface area contributed by atoms with Crippen LogP contribution >= 0.6 is 11.6 Å². The summed E-state index contributed by atoms with van der Waals surface area (Å²) in [5.74, 6) is -0.713. The third-order valence-corrected chi connectivity index (χ3v) is 6.21. The molecule has 172 valence electrons. The van der Waals surface area contributed by atoms with Crippen LogP contribution in [0, 0.1) is 0 Å². The third kappa shape index (κ3) is 6.61. The molecule has 0 radical (unpaired) electrons. The van der Waals surface area contributed by atoms with Gasteiger partial charge in [-0.15, -0.1) is 0 Å². The fourth-order valence-electron chi connectivity index (χ4n) is 3.31. The lowest BCUT2D eigenvalue weighted by Gasteiger charge is -2.34. The first kappa shape index (κ1) is 23.9. The number of hydrogen-bond donors (Lipinski definition) is 1. The van der Waals surface area contributed by atoms with Crippen molar-refractivity contribution in [2.24, 2.45) is 0 Å². The summed E-state index contributed by atoms with van der Waals surface area (Å²) >= 11 is 5.95. The standard InChI is InChI=1S/C22H26ClN3O5S/c1-16(2)31-20-8-6-19(7-9-20)24-32(29,30)15-21(27)25-10-12-26(13-11-25)22(28)17-4-3-5-18(23)14-17/h3-9,14,16,24H,10-13,15H2,1-2H3. The SMILES string of the molecule is CC(C)Oc1ccc(NS(=O)(=O)CC(=O)N2CCN(C(=O)c3cccc(Cl)c3)CC2)cc1. The van der Waals surface area contributed by atoms with E-state index in [-0.39, 0.29) is 25.1 Å². The maximum atomic E-state index is 12.6. The Balaban J connectivity index is 1.52. The van der Waals surface area contributed by atoms with Crippen LogP contribution in [0.1, 0.15) is 24.2 Å². The van der Waals surface area contributed by atoms with Crippen LogP contribution in [0.15, 0.2) is 48.5 Å². The van der Waals surface area contributed by atoms with Crippen LogP contribution < -0.4 is 9.46 Å². The lowest BCUT2D eigenvalue weighted by atomic mass is 10.2. The number of benzene rings is 2. The van der Waals surface area contributed by atoms with Crippen LogP contribution in [0.2, 0.25) is 5.02 Å². The minimum absolute atomic E-state index is 0.0106. The minimum atomic E-state index is -3.87. The Kier molecular flexibility index (Phi) is 7.63. The Hall–Kier alpha value is -2.78. The van der Waals surface area contributed by atoms with E-state index in [1.165, 1.54) is 4.90 Å².